The van der Waals surface area contributed by atoms with Gasteiger partial charge < -0.3 is 10.0 Å². The van der Waals surface area contributed by atoms with Crippen LogP contribution in [0.25, 0.3) is 0 Å². The van der Waals surface area contributed by atoms with Crippen LogP contribution in [0.15, 0.2) is 0 Å². The van der Waals surface area contributed by atoms with E-state index in [4.69, 9.17) is 0 Å². The molecule has 2 rings (SSSR count). The molecule has 0 aromatic carbocycles. The minimum Gasteiger partial charge on any atom is -0.380 e. The number of hydrogen-bond donors (Lipinski definition) is 1. The largest absolute Gasteiger partial charge is 0.380 e. The van der Waals surface area contributed by atoms with Crippen LogP contribution < -0.4 is 0 Å². The molecule has 2 aliphatic rings. The molecule has 0 aromatic heterocycles. The second-order valence-corrected chi connectivity index (χ2v) is 5.58. The fourth-order valence-electron chi connectivity index (χ4n) is 2.33. The van der Waals surface area contributed by atoms with Crippen molar-refractivity contribution < 1.29 is 14.7 Å². The van der Waals surface area contributed by atoms with Gasteiger partial charge in [0.25, 0.3) is 0 Å². The van der Waals surface area contributed by atoms with Crippen LogP contribution in [0.4, 0.5) is 0 Å². The maximum absolute atomic E-state index is 12.0. The summed E-state index contributed by atoms with van der Waals surface area (Å²) >= 11 is 0. The number of likely N-dealkylation sites (tertiary alicyclic amines) is 1. The first-order valence-electron chi connectivity index (χ1n) is 5.33. The van der Waals surface area contributed by atoms with Gasteiger partial charge in [0, 0.05) is 5.41 Å². The van der Waals surface area contributed by atoms with Gasteiger partial charge in [0.2, 0.25) is 5.91 Å². The van der Waals surface area contributed by atoms with Crippen molar-refractivity contribution in [2.24, 2.45) is 5.41 Å². The number of fused-ring (bicyclic) bond motifs is 1. The SMILES string of the molecule is CC(C)(C)C(=O)N1CC(=O)[C@]2(O)CCC12. The topological polar surface area (TPSA) is 57.6 Å². The smallest absolute Gasteiger partial charge is 0.228 e. The van der Waals surface area contributed by atoms with Crippen LogP contribution in [0.5, 0.6) is 0 Å². The van der Waals surface area contributed by atoms with Gasteiger partial charge in [-0.25, -0.2) is 0 Å². The molecule has 1 saturated heterocycles. The van der Waals surface area contributed by atoms with Gasteiger partial charge in [0.1, 0.15) is 5.60 Å². The van der Waals surface area contributed by atoms with Gasteiger partial charge in [0.05, 0.1) is 12.6 Å². The predicted molar refractivity (Wildman–Crippen MR) is 54.1 cm³/mol. The van der Waals surface area contributed by atoms with E-state index in [9.17, 15) is 14.7 Å². The summed E-state index contributed by atoms with van der Waals surface area (Å²) in [6, 6.07) is -0.267. The molecule has 0 spiro atoms. The molecule has 84 valence electrons. The Morgan fingerprint density at radius 3 is 2.47 bits per heavy atom. The lowest BCUT2D eigenvalue weighted by Gasteiger charge is -2.42. The van der Waals surface area contributed by atoms with Gasteiger partial charge in [-0.3, -0.25) is 9.59 Å². The van der Waals surface area contributed by atoms with E-state index >= 15 is 0 Å². The molecule has 1 saturated carbocycles. The first-order chi connectivity index (χ1) is 6.77. The average Bonchev–Trinajstić information content (AvgIpc) is 2.25. The Labute approximate surface area is 89.3 Å². The van der Waals surface area contributed by atoms with Gasteiger partial charge in [-0.1, -0.05) is 20.8 Å². The van der Waals surface area contributed by atoms with Crippen molar-refractivity contribution in [2.75, 3.05) is 6.54 Å². The van der Waals surface area contributed by atoms with Gasteiger partial charge in [-0.2, -0.15) is 0 Å². The summed E-state index contributed by atoms with van der Waals surface area (Å²) in [5.74, 6) is -0.243. The van der Waals surface area contributed by atoms with E-state index in [-0.39, 0.29) is 24.3 Å². The van der Waals surface area contributed by atoms with Crippen LogP contribution in [-0.2, 0) is 9.59 Å². The second-order valence-electron chi connectivity index (χ2n) is 5.58. The number of aliphatic hydroxyl groups is 1. The van der Waals surface area contributed by atoms with E-state index in [1.807, 2.05) is 20.8 Å². The van der Waals surface area contributed by atoms with E-state index in [1.54, 1.807) is 4.90 Å². The lowest BCUT2D eigenvalue weighted by atomic mass is 9.74. The van der Waals surface area contributed by atoms with E-state index in [0.717, 1.165) is 6.42 Å². The summed E-state index contributed by atoms with van der Waals surface area (Å²) < 4.78 is 0. The zero-order valence-corrected chi connectivity index (χ0v) is 9.41. The van der Waals surface area contributed by atoms with Crippen molar-refractivity contribution in [2.45, 2.75) is 45.3 Å². The highest BCUT2D eigenvalue weighted by Crippen LogP contribution is 2.43. The van der Waals surface area contributed by atoms with Gasteiger partial charge in [-0.15, -0.1) is 0 Å². The van der Waals surface area contributed by atoms with Crippen molar-refractivity contribution in [3.05, 3.63) is 0 Å². The molecule has 0 bridgehead atoms. The molecular formula is C11H17NO3. The number of carbonyl (C=O) groups is 2. The summed E-state index contributed by atoms with van der Waals surface area (Å²) in [7, 11) is 0. The number of Topliss-reactive ketones (excluding diaryl/α,β-unsaturated/α-hetero) is 1. The third-order valence-electron chi connectivity index (χ3n) is 3.43. The number of rotatable bonds is 0. The summed E-state index contributed by atoms with van der Waals surface area (Å²) in [5, 5.41) is 9.96. The van der Waals surface area contributed by atoms with Crippen molar-refractivity contribution in [1.82, 2.24) is 4.90 Å². The fourth-order valence-corrected chi connectivity index (χ4v) is 2.33. The molecule has 4 nitrogen and oxygen atoms in total. The quantitative estimate of drug-likeness (QED) is 0.628. The molecule has 15 heavy (non-hydrogen) atoms. The molecule has 1 N–H and O–H groups in total. The molecule has 1 unspecified atom stereocenters. The zero-order chi connectivity index (χ0) is 11.4. The van der Waals surface area contributed by atoms with Crippen LogP contribution in [0, 0.1) is 5.41 Å². The highest BCUT2D eigenvalue weighted by atomic mass is 16.3. The van der Waals surface area contributed by atoms with E-state index in [0.29, 0.717) is 6.42 Å². The standard InChI is InChI=1S/C11H17NO3/c1-10(2,3)9(14)12-6-8(13)11(15)5-4-7(11)12/h7,15H,4-6H2,1-3H3/t7?,11-/m0/s1. The molecule has 2 atom stereocenters. The van der Waals surface area contributed by atoms with Crippen LogP contribution in [0.1, 0.15) is 33.6 Å². The maximum atomic E-state index is 12.0. The Bertz CT molecular complexity index is 331. The molecule has 2 fully saturated rings. The highest BCUT2D eigenvalue weighted by molar-refractivity contribution is 5.98. The summed E-state index contributed by atoms with van der Waals surface area (Å²) in [6.07, 6.45) is 1.24. The highest BCUT2D eigenvalue weighted by Gasteiger charge is 2.60. The summed E-state index contributed by atoms with van der Waals surface area (Å²) in [4.78, 5) is 25.1. The number of amides is 1. The molecule has 4 heteroatoms. The molecule has 1 amide bonds. The number of carbonyl (C=O) groups excluding carboxylic acids is 2. The number of ketones is 1. The van der Waals surface area contributed by atoms with Crippen molar-refractivity contribution in [3.63, 3.8) is 0 Å². The average molecular weight is 211 g/mol. The van der Waals surface area contributed by atoms with Gasteiger partial charge in [-0.05, 0) is 12.8 Å². The van der Waals surface area contributed by atoms with Gasteiger partial charge >= 0.3 is 0 Å². The van der Waals surface area contributed by atoms with Crippen LogP contribution >= 0.6 is 0 Å². The van der Waals surface area contributed by atoms with Gasteiger partial charge in [0.15, 0.2) is 5.78 Å². The lowest BCUT2D eigenvalue weighted by molar-refractivity contribution is -0.151. The fraction of sp³-hybridized carbons (Fsp3) is 0.818. The van der Waals surface area contributed by atoms with E-state index in [1.165, 1.54) is 0 Å². The Morgan fingerprint density at radius 2 is 2.13 bits per heavy atom. The van der Waals surface area contributed by atoms with Crippen LogP contribution in [-0.4, -0.2) is 39.9 Å². The molecule has 1 aliphatic carbocycles. The Hall–Kier alpha value is -0.900. The monoisotopic (exact) mass is 211 g/mol. The minimum atomic E-state index is -1.22. The predicted octanol–water partition coefficient (Wildman–Crippen LogP) is 0.337. The van der Waals surface area contributed by atoms with Crippen molar-refractivity contribution in [1.29, 1.82) is 0 Å². The zero-order valence-electron chi connectivity index (χ0n) is 9.41. The minimum absolute atomic E-state index is 0.0449. The van der Waals surface area contributed by atoms with E-state index < -0.39 is 11.0 Å². The third kappa shape index (κ3) is 1.31. The molecule has 1 heterocycles. The number of nitrogens with zero attached hydrogens (tertiary/aromatic N) is 1. The number of hydrogen-bond acceptors (Lipinski definition) is 3. The van der Waals surface area contributed by atoms with Crippen molar-refractivity contribution >= 4 is 11.7 Å². The molecular weight excluding hydrogens is 194 g/mol. The van der Waals surface area contributed by atoms with Crippen LogP contribution in [0.2, 0.25) is 0 Å². The Kier molecular flexibility index (Phi) is 1.99. The molecule has 1 aliphatic heterocycles. The third-order valence-corrected chi connectivity index (χ3v) is 3.43. The molecule has 0 radical (unpaired) electrons. The first-order valence-corrected chi connectivity index (χ1v) is 5.33. The Balaban J connectivity index is 2.21. The first kappa shape index (κ1) is 10.6. The summed E-state index contributed by atoms with van der Waals surface area (Å²) in [5.41, 5.74) is -1.71. The Morgan fingerprint density at radius 1 is 1.53 bits per heavy atom. The second kappa shape index (κ2) is 2.82. The summed E-state index contributed by atoms with van der Waals surface area (Å²) in [6.45, 7) is 5.57. The maximum Gasteiger partial charge on any atom is 0.228 e. The lowest BCUT2D eigenvalue weighted by Crippen LogP contribution is -2.58. The normalized spacial score (nSPS) is 35.1. The van der Waals surface area contributed by atoms with Crippen molar-refractivity contribution in [3.8, 4) is 0 Å². The van der Waals surface area contributed by atoms with E-state index in [2.05, 4.69) is 0 Å². The van der Waals surface area contributed by atoms with Crippen LogP contribution in [0.3, 0.4) is 0 Å². The molecule has 0 aromatic rings.